The normalized spacial score (nSPS) is 11.8. The Morgan fingerprint density at radius 2 is 2.00 bits per heavy atom. The minimum Gasteiger partial charge on any atom is -0.484 e. The summed E-state index contributed by atoms with van der Waals surface area (Å²) in [4.78, 5) is 21.7. The number of carboxylic acid groups (broad SMARTS) is 1. The number of carbonyl (C=O) groups excluding carboxylic acids is 1. The molecule has 3 N–H and O–H groups in total. The van der Waals surface area contributed by atoms with E-state index in [1.165, 1.54) is 6.07 Å². The number of aliphatic carboxylic acids is 1. The molecule has 1 aromatic carbocycles. The van der Waals surface area contributed by atoms with E-state index < -0.39 is 18.0 Å². The van der Waals surface area contributed by atoms with Crippen LogP contribution in [0.5, 0.6) is 5.75 Å². The highest BCUT2D eigenvalue weighted by atomic mass is 35.5. The van der Waals surface area contributed by atoms with Gasteiger partial charge in [0.1, 0.15) is 5.75 Å². The summed E-state index contributed by atoms with van der Waals surface area (Å²) in [5.41, 5.74) is 0. The average molecular weight is 322 g/mol. The second-order valence-corrected chi connectivity index (χ2v) is 4.67. The second-order valence-electron chi connectivity index (χ2n) is 3.86. The molecule has 0 bridgehead atoms. The van der Waals surface area contributed by atoms with Crippen molar-refractivity contribution < 1.29 is 24.5 Å². The first-order chi connectivity index (χ1) is 9.40. The molecule has 1 unspecified atom stereocenters. The number of aliphatic hydroxyl groups excluding tert-OH is 1. The van der Waals surface area contributed by atoms with Crippen LogP contribution in [0.15, 0.2) is 18.2 Å². The Kier molecular flexibility index (Phi) is 6.57. The molecule has 0 radical (unpaired) electrons. The van der Waals surface area contributed by atoms with E-state index in [2.05, 4.69) is 5.32 Å². The van der Waals surface area contributed by atoms with Crippen LogP contribution in [0, 0.1) is 0 Å². The summed E-state index contributed by atoms with van der Waals surface area (Å²) >= 11 is 11.5. The highest BCUT2D eigenvalue weighted by Gasteiger charge is 2.13. The van der Waals surface area contributed by atoms with Crippen LogP contribution in [0.2, 0.25) is 10.0 Å². The predicted molar refractivity (Wildman–Crippen MR) is 73.2 cm³/mol. The lowest BCUT2D eigenvalue weighted by molar-refractivity contribution is -0.147. The van der Waals surface area contributed by atoms with E-state index >= 15 is 0 Å². The molecule has 0 heterocycles. The van der Waals surface area contributed by atoms with Crippen LogP contribution in [-0.2, 0) is 9.59 Å². The molecule has 0 aliphatic rings. The Bertz CT molecular complexity index is 495. The third-order valence-corrected chi connectivity index (χ3v) is 3.03. The van der Waals surface area contributed by atoms with Gasteiger partial charge < -0.3 is 20.3 Å². The minimum absolute atomic E-state index is 0.0387. The van der Waals surface area contributed by atoms with Crippen molar-refractivity contribution >= 4 is 35.1 Å². The van der Waals surface area contributed by atoms with Gasteiger partial charge in [0.25, 0.3) is 5.91 Å². The Morgan fingerprint density at radius 3 is 2.60 bits per heavy atom. The number of nitrogens with one attached hydrogen (secondary N) is 1. The SMILES string of the molecule is O=C(COc1ccc(Cl)c(Cl)c1)NCCC(O)C(=O)O. The highest BCUT2D eigenvalue weighted by molar-refractivity contribution is 6.42. The van der Waals surface area contributed by atoms with Gasteiger partial charge in [0.2, 0.25) is 0 Å². The van der Waals surface area contributed by atoms with E-state index in [4.69, 9.17) is 38.2 Å². The third kappa shape index (κ3) is 5.64. The Balaban J connectivity index is 2.29. The molecule has 1 aromatic rings. The zero-order valence-electron chi connectivity index (χ0n) is 10.3. The minimum atomic E-state index is -1.49. The number of hydrogen-bond donors (Lipinski definition) is 3. The molecule has 110 valence electrons. The number of rotatable bonds is 7. The number of benzene rings is 1. The van der Waals surface area contributed by atoms with Crippen molar-refractivity contribution in [1.82, 2.24) is 5.32 Å². The summed E-state index contributed by atoms with van der Waals surface area (Å²) < 4.78 is 5.17. The maximum Gasteiger partial charge on any atom is 0.332 e. The molecule has 0 aromatic heterocycles. The van der Waals surface area contributed by atoms with Gasteiger partial charge in [-0.1, -0.05) is 23.2 Å². The van der Waals surface area contributed by atoms with Crippen LogP contribution < -0.4 is 10.1 Å². The van der Waals surface area contributed by atoms with Crippen LogP contribution in [0.4, 0.5) is 0 Å². The Hall–Kier alpha value is -1.50. The third-order valence-electron chi connectivity index (χ3n) is 2.29. The summed E-state index contributed by atoms with van der Waals surface area (Å²) in [6, 6.07) is 4.58. The summed E-state index contributed by atoms with van der Waals surface area (Å²) in [6.07, 6.45) is -1.57. The maximum atomic E-state index is 11.4. The van der Waals surface area contributed by atoms with Gasteiger partial charge in [0, 0.05) is 19.0 Å². The lowest BCUT2D eigenvalue weighted by Crippen LogP contribution is -2.33. The number of halogens is 2. The molecule has 1 rings (SSSR count). The highest BCUT2D eigenvalue weighted by Crippen LogP contribution is 2.26. The van der Waals surface area contributed by atoms with E-state index in [0.29, 0.717) is 15.8 Å². The van der Waals surface area contributed by atoms with Crippen LogP contribution >= 0.6 is 23.2 Å². The van der Waals surface area contributed by atoms with Gasteiger partial charge in [0.05, 0.1) is 10.0 Å². The van der Waals surface area contributed by atoms with E-state index in [1.807, 2.05) is 0 Å². The fraction of sp³-hybridized carbons (Fsp3) is 0.333. The van der Waals surface area contributed by atoms with Gasteiger partial charge in [-0.05, 0) is 12.1 Å². The van der Waals surface area contributed by atoms with Crippen molar-refractivity contribution in [1.29, 1.82) is 0 Å². The molecule has 0 saturated heterocycles. The van der Waals surface area contributed by atoms with Crippen molar-refractivity contribution in [2.24, 2.45) is 0 Å². The topological polar surface area (TPSA) is 95.9 Å². The van der Waals surface area contributed by atoms with Crippen LogP contribution in [0.1, 0.15) is 6.42 Å². The van der Waals surface area contributed by atoms with Gasteiger partial charge in [-0.25, -0.2) is 4.79 Å². The lowest BCUT2D eigenvalue weighted by atomic mass is 10.2. The zero-order valence-corrected chi connectivity index (χ0v) is 11.8. The van der Waals surface area contributed by atoms with Crippen molar-refractivity contribution in [2.75, 3.05) is 13.2 Å². The average Bonchev–Trinajstić information content (AvgIpc) is 2.40. The summed E-state index contributed by atoms with van der Waals surface area (Å²) in [7, 11) is 0. The van der Waals surface area contributed by atoms with Gasteiger partial charge in [-0.15, -0.1) is 0 Å². The van der Waals surface area contributed by atoms with Gasteiger partial charge in [-0.2, -0.15) is 0 Å². The monoisotopic (exact) mass is 321 g/mol. The Morgan fingerprint density at radius 1 is 1.30 bits per heavy atom. The second kappa shape index (κ2) is 7.94. The molecule has 6 nitrogen and oxygen atoms in total. The summed E-state index contributed by atoms with van der Waals surface area (Å²) in [6.45, 7) is -0.210. The molecule has 0 fully saturated rings. The Labute approximate surface area is 125 Å². The first-order valence-corrected chi connectivity index (χ1v) is 6.41. The number of amides is 1. The molecule has 1 amide bonds. The smallest absolute Gasteiger partial charge is 0.332 e. The van der Waals surface area contributed by atoms with Crippen molar-refractivity contribution in [3.63, 3.8) is 0 Å². The predicted octanol–water partition coefficient (Wildman–Crippen LogP) is 1.32. The largest absolute Gasteiger partial charge is 0.484 e. The van der Waals surface area contributed by atoms with Crippen molar-refractivity contribution in [2.45, 2.75) is 12.5 Å². The fourth-order valence-electron chi connectivity index (χ4n) is 1.24. The standard InChI is InChI=1S/C12H13Cl2NO5/c13-8-2-1-7(5-9(8)14)20-6-11(17)15-4-3-10(16)12(18)19/h1-2,5,10,16H,3-4,6H2,(H,15,17)(H,18,19). The first-order valence-electron chi connectivity index (χ1n) is 5.65. The van der Waals surface area contributed by atoms with E-state index in [9.17, 15) is 9.59 Å². The molecular weight excluding hydrogens is 309 g/mol. The number of carbonyl (C=O) groups is 2. The molecule has 8 heteroatoms. The van der Waals surface area contributed by atoms with Crippen LogP contribution in [-0.4, -0.2) is 41.3 Å². The number of ether oxygens (including phenoxy) is 1. The zero-order chi connectivity index (χ0) is 15.1. The van der Waals surface area contributed by atoms with Crippen molar-refractivity contribution in [3.05, 3.63) is 28.2 Å². The van der Waals surface area contributed by atoms with Gasteiger partial charge in [0.15, 0.2) is 12.7 Å². The lowest BCUT2D eigenvalue weighted by Gasteiger charge is -2.09. The van der Waals surface area contributed by atoms with Crippen molar-refractivity contribution in [3.8, 4) is 5.75 Å². The van der Waals surface area contributed by atoms with E-state index in [0.717, 1.165) is 0 Å². The molecule has 20 heavy (non-hydrogen) atoms. The van der Waals surface area contributed by atoms with E-state index in [-0.39, 0.29) is 19.6 Å². The maximum absolute atomic E-state index is 11.4. The van der Waals surface area contributed by atoms with E-state index in [1.54, 1.807) is 12.1 Å². The number of aliphatic hydroxyl groups is 1. The molecule has 0 saturated carbocycles. The summed E-state index contributed by atoms with van der Waals surface area (Å²) in [5, 5.41) is 20.5. The first kappa shape index (κ1) is 16.6. The van der Waals surface area contributed by atoms with Crippen LogP contribution in [0.25, 0.3) is 0 Å². The van der Waals surface area contributed by atoms with Crippen LogP contribution in [0.3, 0.4) is 0 Å². The van der Waals surface area contributed by atoms with Gasteiger partial charge in [-0.3, -0.25) is 4.79 Å². The van der Waals surface area contributed by atoms with Gasteiger partial charge >= 0.3 is 5.97 Å². The quantitative estimate of drug-likeness (QED) is 0.704. The molecular formula is C12H13Cl2NO5. The molecule has 0 aliphatic heterocycles. The molecule has 1 atom stereocenters. The number of carboxylic acids is 1. The summed E-state index contributed by atoms with van der Waals surface area (Å²) in [5.74, 6) is -1.37. The number of hydrogen-bond acceptors (Lipinski definition) is 4. The fourth-order valence-corrected chi connectivity index (χ4v) is 1.53. The molecule has 0 aliphatic carbocycles. The molecule has 0 spiro atoms.